The number of rotatable bonds is 4. The number of ether oxygens (including phenoxy) is 1. The van der Waals surface area contributed by atoms with E-state index in [0.29, 0.717) is 23.7 Å². The van der Waals surface area contributed by atoms with Gasteiger partial charge in [0.25, 0.3) is 5.91 Å². The number of amides is 3. The number of anilines is 3. The van der Waals surface area contributed by atoms with Gasteiger partial charge in [-0.15, -0.1) is 0 Å². The van der Waals surface area contributed by atoms with Crippen molar-refractivity contribution < 1.29 is 14.3 Å². The molecule has 0 saturated carbocycles. The van der Waals surface area contributed by atoms with Crippen molar-refractivity contribution in [2.75, 3.05) is 41.8 Å². The third-order valence-corrected chi connectivity index (χ3v) is 5.21. The van der Waals surface area contributed by atoms with E-state index in [1.165, 1.54) is 11.3 Å². The molecule has 0 spiro atoms. The SMILES string of the molecule is C[C@@H]1Oc2ccc(NC(=O)NCCN3CCc4ccccc43)cc2N(C)C1=O. The highest BCUT2D eigenvalue weighted by atomic mass is 16.5. The van der Waals surface area contributed by atoms with Gasteiger partial charge >= 0.3 is 6.03 Å². The summed E-state index contributed by atoms with van der Waals surface area (Å²) in [6, 6.07) is 13.4. The predicted octanol–water partition coefficient (Wildman–Crippen LogP) is 2.61. The summed E-state index contributed by atoms with van der Waals surface area (Å²) in [7, 11) is 1.71. The van der Waals surface area contributed by atoms with Gasteiger partial charge in [0.2, 0.25) is 0 Å². The first-order valence-corrected chi connectivity index (χ1v) is 9.49. The molecule has 0 aromatic heterocycles. The molecule has 2 aliphatic rings. The lowest BCUT2D eigenvalue weighted by Gasteiger charge is -2.30. The Labute approximate surface area is 164 Å². The van der Waals surface area contributed by atoms with Crippen LogP contribution in [0.5, 0.6) is 5.75 Å². The number of hydrogen-bond donors (Lipinski definition) is 2. The van der Waals surface area contributed by atoms with Crippen LogP contribution in [0.25, 0.3) is 0 Å². The normalized spacial score (nSPS) is 17.6. The van der Waals surface area contributed by atoms with E-state index >= 15 is 0 Å². The van der Waals surface area contributed by atoms with E-state index in [1.807, 2.05) is 6.07 Å². The largest absolute Gasteiger partial charge is 0.479 e. The molecule has 2 aromatic rings. The summed E-state index contributed by atoms with van der Waals surface area (Å²) in [6.07, 6.45) is 0.542. The van der Waals surface area contributed by atoms with Gasteiger partial charge in [0, 0.05) is 38.1 Å². The van der Waals surface area contributed by atoms with Gasteiger partial charge in [-0.2, -0.15) is 0 Å². The van der Waals surface area contributed by atoms with Gasteiger partial charge in [-0.05, 0) is 43.2 Å². The number of nitrogens with one attached hydrogen (secondary N) is 2. The molecule has 2 aliphatic heterocycles. The molecule has 28 heavy (non-hydrogen) atoms. The highest BCUT2D eigenvalue weighted by Gasteiger charge is 2.29. The van der Waals surface area contributed by atoms with E-state index in [-0.39, 0.29) is 11.9 Å². The lowest BCUT2D eigenvalue weighted by Crippen LogP contribution is -2.42. The minimum Gasteiger partial charge on any atom is -0.479 e. The van der Waals surface area contributed by atoms with Gasteiger partial charge in [0.05, 0.1) is 5.69 Å². The number of nitrogens with zero attached hydrogens (tertiary/aromatic N) is 2. The lowest BCUT2D eigenvalue weighted by molar-refractivity contribution is -0.125. The standard InChI is InChI=1S/C21H24N4O3/c1-14-20(26)24(2)18-13-16(7-8-19(18)28-14)23-21(27)22-10-12-25-11-9-15-5-3-4-6-17(15)25/h3-8,13-14H,9-12H2,1-2H3,(H2,22,23,27)/t14-/m0/s1. The number of carbonyl (C=O) groups excluding carboxylic acids is 2. The third kappa shape index (κ3) is 3.47. The second-order valence-corrected chi connectivity index (χ2v) is 7.09. The van der Waals surface area contributed by atoms with Crippen molar-refractivity contribution >= 4 is 29.0 Å². The number of benzene rings is 2. The van der Waals surface area contributed by atoms with Crippen molar-refractivity contribution in [1.29, 1.82) is 0 Å². The number of carbonyl (C=O) groups is 2. The van der Waals surface area contributed by atoms with Crippen molar-refractivity contribution in [1.82, 2.24) is 5.32 Å². The smallest absolute Gasteiger partial charge is 0.319 e. The van der Waals surface area contributed by atoms with Crippen LogP contribution in [-0.4, -0.2) is 44.7 Å². The molecule has 1 atom stereocenters. The van der Waals surface area contributed by atoms with E-state index in [1.54, 1.807) is 37.1 Å². The first kappa shape index (κ1) is 18.2. The van der Waals surface area contributed by atoms with Crippen LogP contribution < -0.4 is 25.2 Å². The number of fused-ring (bicyclic) bond motifs is 2. The van der Waals surface area contributed by atoms with Gasteiger partial charge < -0.3 is 25.2 Å². The third-order valence-electron chi connectivity index (χ3n) is 5.21. The molecule has 3 amide bonds. The molecular formula is C21H24N4O3. The van der Waals surface area contributed by atoms with Crippen molar-refractivity contribution in [2.24, 2.45) is 0 Å². The maximum Gasteiger partial charge on any atom is 0.319 e. The Balaban J connectivity index is 1.32. The van der Waals surface area contributed by atoms with E-state index < -0.39 is 6.10 Å². The van der Waals surface area contributed by atoms with Gasteiger partial charge in [0.15, 0.2) is 6.10 Å². The lowest BCUT2D eigenvalue weighted by atomic mass is 10.2. The Morgan fingerprint density at radius 1 is 1.21 bits per heavy atom. The predicted molar refractivity (Wildman–Crippen MR) is 109 cm³/mol. The first-order chi connectivity index (χ1) is 13.5. The van der Waals surface area contributed by atoms with Crippen LogP contribution in [0, 0.1) is 0 Å². The van der Waals surface area contributed by atoms with E-state index in [9.17, 15) is 9.59 Å². The van der Waals surface area contributed by atoms with E-state index in [4.69, 9.17) is 4.74 Å². The maximum atomic E-state index is 12.2. The quantitative estimate of drug-likeness (QED) is 0.855. The molecule has 2 N–H and O–H groups in total. The molecule has 7 heteroatoms. The Hall–Kier alpha value is -3.22. The van der Waals surface area contributed by atoms with Gasteiger partial charge in [0.1, 0.15) is 5.75 Å². The molecule has 7 nitrogen and oxygen atoms in total. The van der Waals surface area contributed by atoms with E-state index in [2.05, 4.69) is 33.7 Å². The van der Waals surface area contributed by atoms with Crippen molar-refractivity contribution in [3.8, 4) is 5.75 Å². The van der Waals surface area contributed by atoms with Crippen LogP contribution in [0.1, 0.15) is 12.5 Å². The summed E-state index contributed by atoms with van der Waals surface area (Å²) < 4.78 is 5.60. The molecule has 0 saturated heterocycles. The van der Waals surface area contributed by atoms with Gasteiger partial charge in [-0.1, -0.05) is 18.2 Å². The molecule has 0 fully saturated rings. The fourth-order valence-corrected chi connectivity index (χ4v) is 3.71. The van der Waals surface area contributed by atoms with E-state index in [0.717, 1.165) is 19.5 Å². The van der Waals surface area contributed by atoms with Crippen LogP contribution in [-0.2, 0) is 11.2 Å². The van der Waals surface area contributed by atoms with Crippen molar-refractivity contribution in [2.45, 2.75) is 19.4 Å². The maximum absolute atomic E-state index is 12.2. The Bertz CT molecular complexity index is 914. The van der Waals surface area contributed by atoms with Crippen LogP contribution in [0.3, 0.4) is 0 Å². The molecule has 0 aliphatic carbocycles. The Morgan fingerprint density at radius 2 is 2.04 bits per heavy atom. The van der Waals surface area contributed by atoms with Crippen LogP contribution in [0.15, 0.2) is 42.5 Å². The molecule has 2 heterocycles. The summed E-state index contributed by atoms with van der Waals surface area (Å²) in [4.78, 5) is 28.2. The first-order valence-electron chi connectivity index (χ1n) is 9.49. The van der Waals surface area contributed by atoms with Crippen molar-refractivity contribution in [3.63, 3.8) is 0 Å². The number of urea groups is 1. The zero-order valence-corrected chi connectivity index (χ0v) is 16.1. The van der Waals surface area contributed by atoms with Crippen LogP contribution in [0.2, 0.25) is 0 Å². The molecular weight excluding hydrogens is 356 g/mol. The molecule has 0 bridgehead atoms. The second-order valence-electron chi connectivity index (χ2n) is 7.09. The zero-order valence-electron chi connectivity index (χ0n) is 16.1. The highest BCUT2D eigenvalue weighted by Crippen LogP contribution is 2.35. The fourth-order valence-electron chi connectivity index (χ4n) is 3.71. The van der Waals surface area contributed by atoms with Crippen LogP contribution in [0.4, 0.5) is 21.9 Å². The number of para-hydroxylation sites is 1. The molecule has 0 radical (unpaired) electrons. The summed E-state index contributed by atoms with van der Waals surface area (Å²) in [5.41, 5.74) is 3.87. The molecule has 146 valence electrons. The monoisotopic (exact) mass is 380 g/mol. The minimum atomic E-state index is -0.504. The summed E-state index contributed by atoms with van der Waals surface area (Å²) >= 11 is 0. The Kier molecular flexibility index (Phi) is 4.81. The molecule has 4 rings (SSSR count). The fraction of sp³-hybridized carbons (Fsp3) is 0.333. The van der Waals surface area contributed by atoms with Gasteiger partial charge in [-0.3, -0.25) is 4.79 Å². The minimum absolute atomic E-state index is 0.111. The summed E-state index contributed by atoms with van der Waals surface area (Å²) in [5, 5.41) is 5.71. The van der Waals surface area contributed by atoms with Crippen LogP contribution >= 0.6 is 0 Å². The number of likely N-dealkylation sites (N-methyl/N-ethyl adjacent to an activating group) is 1. The zero-order chi connectivity index (χ0) is 19.7. The Morgan fingerprint density at radius 3 is 2.89 bits per heavy atom. The average molecular weight is 380 g/mol. The topological polar surface area (TPSA) is 73.9 Å². The molecule has 0 unspecified atom stereocenters. The summed E-state index contributed by atoms with van der Waals surface area (Å²) in [5.74, 6) is 0.522. The average Bonchev–Trinajstić information content (AvgIpc) is 3.10. The molecule has 2 aromatic carbocycles. The van der Waals surface area contributed by atoms with Crippen molar-refractivity contribution in [3.05, 3.63) is 48.0 Å². The number of hydrogen-bond acceptors (Lipinski definition) is 4. The second kappa shape index (κ2) is 7.42. The summed E-state index contributed by atoms with van der Waals surface area (Å²) in [6.45, 7) is 4.01. The van der Waals surface area contributed by atoms with Gasteiger partial charge in [-0.25, -0.2) is 4.79 Å². The highest BCUT2D eigenvalue weighted by molar-refractivity contribution is 6.00.